The summed E-state index contributed by atoms with van der Waals surface area (Å²) < 4.78 is 4.86. The molecule has 4 aromatic rings. The lowest BCUT2D eigenvalue weighted by molar-refractivity contribution is -0.670. The Balaban J connectivity index is 0.00000259. The number of fused-ring (bicyclic) bond motifs is 3. The summed E-state index contributed by atoms with van der Waals surface area (Å²) in [5, 5.41) is 2.58. The molecule has 0 atom stereocenters. The summed E-state index contributed by atoms with van der Waals surface area (Å²) >= 11 is 0. The van der Waals surface area contributed by atoms with Crippen molar-refractivity contribution < 1.29 is 17.0 Å². The highest BCUT2D eigenvalue weighted by Gasteiger charge is 2.37. The molecular formula is C29H32ClN3. The number of anilines is 1. The maximum atomic E-state index is 2.43. The van der Waals surface area contributed by atoms with Gasteiger partial charge >= 0.3 is 0 Å². The van der Waals surface area contributed by atoms with Gasteiger partial charge in [-0.1, -0.05) is 62.4 Å². The molecule has 0 amide bonds. The minimum absolute atomic E-state index is 0. The number of nitrogens with zero attached hydrogens (tertiary/aromatic N) is 3. The molecule has 0 N–H and O–H groups in total. The van der Waals surface area contributed by atoms with Crippen LogP contribution in [0.25, 0.3) is 27.9 Å². The van der Waals surface area contributed by atoms with E-state index in [1.165, 1.54) is 44.6 Å². The van der Waals surface area contributed by atoms with Crippen molar-refractivity contribution in [2.24, 2.45) is 0 Å². The van der Waals surface area contributed by atoms with Crippen molar-refractivity contribution in [2.45, 2.75) is 46.2 Å². The molecule has 0 bridgehead atoms. The summed E-state index contributed by atoms with van der Waals surface area (Å²) in [7, 11) is 2.17. The van der Waals surface area contributed by atoms with Gasteiger partial charge in [0.05, 0.1) is 13.1 Å². The first-order chi connectivity index (χ1) is 15.5. The number of halogens is 1. The third kappa shape index (κ3) is 3.55. The van der Waals surface area contributed by atoms with Crippen molar-refractivity contribution in [2.75, 3.05) is 11.9 Å². The minimum Gasteiger partial charge on any atom is -1.00 e. The molecule has 0 radical (unpaired) electrons. The van der Waals surface area contributed by atoms with Crippen molar-refractivity contribution in [3.63, 3.8) is 0 Å². The molecule has 2 heterocycles. The maximum Gasteiger partial charge on any atom is 0.282 e. The zero-order valence-electron chi connectivity index (χ0n) is 20.1. The van der Waals surface area contributed by atoms with E-state index in [0.29, 0.717) is 0 Å². The molecule has 3 aromatic carbocycles. The third-order valence-corrected chi connectivity index (χ3v) is 7.05. The second-order valence-electron chi connectivity index (χ2n) is 9.15. The molecule has 33 heavy (non-hydrogen) atoms. The van der Waals surface area contributed by atoms with Gasteiger partial charge in [0.15, 0.2) is 11.0 Å². The van der Waals surface area contributed by atoms with Crippen molar-refractivity contribution in [1.29, 1.82) is 0 Å². The van der Waals surface area contributed by atoms with E-state index in [1.807, 2.05) is 0 Å². The number of likely N-dealkylation sites (N-methyl/N-ethyl adjacent to an activating group) is 1. The monoisotopic (exact) mass is 457 g/mol. The maximum absolute atomic E-state index is 2.43. The highest BCUT2D eigenvalue weighted by molar-refractivity contribution is 5.94. The quantitative estimate of drug-likeness (QED) is 0.427. The zero-order chi connectivity index (χ0) is 22.5. The number of rotatable bonds is 4. The molecule has 4 heteroatoms. The predicted octanol–water partition coefficient (Wildman–Crippen LogP) is 3.45. The normalized spacial score (nSPS) is 16.2. The highest BCUT2D eigenvalue weighted by Crippen LogP contribution is 2.46. The largest absolute Gasteiger partial charge is 1.00 e. The Kier molecular flexibility index (Phi) is 6.11. The summed E-state index contributed by atoms with van der Waals surface area (Å²) in [4.78, 5) is 2.33. The van der Waals surface area contributed by atoms with Crippen LogP contribution < -0.4 is 21.9 Å². The smallest absolute Gasteiger partial charge is 0.282 e. The Morgan fingerprint density at radius 1 is 0.939 bits per heavy atom. The first-order valence-corrected chi connectivity index (χ1v) is 11.6. The van der Waals surface area contributed by atoms with Crippen molar-refractivity contribution in [3.8, 4) is 0 Å². The van der Waals surface area contributed by atoms with E-state index in [-0.39, 0.29) is 17.8 Å². The van der Waals surface area contributed by atoms with E-state index in [0.717, 1.165) is 13.1 Å². The lowest BCUT2D eigenvalue weighted by Crippen LogP contribution is -3.00. The van der Waals surface area contributed by atoms with Gasteiger partial charge in [0.2, 0.25) is 0 Å². The van der Waals surface area contributed by atoms with Crippen LogP contribution in [-0.2, 0) is 18.5 Å². The van der Waals surface area contributed by atoms with E-state index in [2.05, 4.69) is 128 Å². The third-order valence-electron chi connectivity index (χ3n) is 7.05. The molecule has 0 spiro atoms. The van der Waals surface area contributed by atoms with Crippen LogP contribution in [0.3, 0.4) is 0 Å². The lowest BCUT2D eigenvalue weighted by atomic mass is 9.84. The van der Waals surface area contributed by atoms with E-state index in [1.54, 1.807) is 0 Å². The Labute approximate surface area is 203 Å². The van der Waals surface area contributed by atoms with Gasteiger partial charge in [0, 0.05) is 29.9 Å². The number of benzene rings is 3. The van der Waals surface area contributed by atoms with Crippen molar-refractivity contribution in [3.05, 3.63) is 89.9 Å². The zero-order valence-corrected chi connectivity index (χ0v) is 20.9. The molecule has 0 fully saturated rings. The van der Waals surface area contributed by atoms with Gasteiger partial charge in [0.25, 0.3) is 5.82 Å². The van der Waals surface area contributed by atoms with Gasteiger partial charge in [0.1, 0.15) is 0 Å². The first kappa shape index (κ1) is 23.1. The number of imidazole rings is 1. The minimum atomic E-state index is -0.00833. The Morgan fingerprint density at radius 2 is 1.61 bits per heavy atom. The summed E-state index contributed by atoms with van der Waals surface area (Å²) in [5.74, 6) is 1.24. The second-order valence-corrected chi connectivity index (χ2v) is 9.15. The summed E-state index contributed by atoms with van der Waals surface area (Å²) in [6, 6.07) is 22.0. The van der Waals surface area contributed by atoms with Crippen LogP contribution in [0.4, 0.5) is 5.69 Å². The van der Waals surface area contributed by atoms with E-state index >= 15 is 0 Å². The number of aryl methyl sites for hydroxylation is 2. The lowest BCUT2D eigenvalue weighted by Gasteiger charge is -2.23. The number of para-hydroxylation sites is 1. The molecule has 0 aliphatic carbocycles. The molecule has 0 saturated heterocycles. The molecule has 1 aliphatic heterocycles. The van der Waals surface area contributed by atoms with Gasteiger partial charge in [-0.05, 0) is 54.5 Å². The fourth-order valence-electron chi connectivity index (χ4n) is 5.41. The molecule has 1 aliphatic rings. The van der Waals surface area contributed by atoms with E-state index in [9.17, 15) is 0 Å². The SMILES string of the molecule is CCn1c(/C=C/C=C2\N(C)c3ccccc3C2(C)C)[n+](CC)c2cc3ccccc3cc21.[Cl-]. The van der Waals surface area contributed by atoms with Crippen LogP contribution >= 0.6 is 0 Å². The highest BCUT2D eigenvalue weighted by atomic mass is 35.5. The summed E-state index contributed by atoms with van der Waals surface area (Å²) in [6.45, 7) is 11.0. The Hall–Kier alpha value is -3.04. The van der Waals surface area contributed by atoms with Gasteiger partial charge in [-0.25, -0.2) is 9.13 Å². The second kappa shape index (κ2) is 8.72. The topological polar surface area (TPSA) is 12.1 Å². The molecule has 3 nitrogen and oxygen atoms in total. The number of hydrogen-bond donors (Lipinski definition) is 0. The van der Waals surface area contributed by atoms with E-state index < -0.39 is 0 Å². The van der Waals surface area contributed by atoms with Crippen LogP contribution in [0.2, 0.25) is 0 Å². The first-order valence-electron chi connectivity index (χ1n) is 11.6. The molecule has 0 unspecified atom stereocenters. The molecule has 5 rings (SSSR count). The van der Waals surface area contributed by atoms with Crippen molar-refractivity contribution in [1.82, 2.24) is 4.57 Å². The van der Waals surface area contributed by atoms with Crippen LogP contribution in [-0.4, -0.2) is 11.6 Å². The summed E-state index contributed by atoms with van der Waals surface area (Å²) in [5.41, 5.74) is 6.60. The van der Waals surface area contributed by atoms with Gasteiger partial charge < -0.3 is 17.3 Å². The standard InChI is InChI=1S/C29H32N3.ClH/c1-6-31-25-19-21-13-8-9-14-22(21)20-26(25)32(7-2)28(31)18-12-17-27-29(3,4)23-15-10-11-16-24(23)30(27)5;/h8-20H,6-7H2,1-5H3;1H/q+1;/p-1. The van der Waals surface area contributed by atoms with Crippen LogP contribution in [0.1, 0.15) is 39.1 Å². The average molecular weight is 458 g/mol. The fourth-order valence-corrected chi connectivity index (χ4v) is 5.41. The van der Waals surface area contributed by atoms with Crippen LogP contribution in [0.5, 0.6) is 0 Å². The Bertz CT molecular complexity index is 1330. The number of allylic oxidation sites excluding steroid dienone is 3. The fraction of sp³-hybridized carbons (Fsp3) is 0.276. The van der Waals surface area contributed by atoms with Crippen molar-refractivity contribution >= 4 is 33.6 Å². The summed E-state index contributed by atoms with van der Waals surface area (Å²) in [6.07, 6.45) is 6.79. The van der Waals surface area contributed by atoms with Gasteiger partial charge in [-0.2, -0.15) is 0 Å². The van der Waals surface area contributed by atoms with E-state index in [4.69, 9.17) is 0 Å². The molecule has 1 aromatic heterocycles. The number of aromatic nitrogens is 2. The van der Waals surface area contributed by atoms with Crippen LogP contribution in [0, 0.1) is 0 Å². The predicted molar refractivity (Wildman–Crippen MR) is 136 cm³/mol. The van der Waals surface area contributed by atoms with Gasteiger partial charge in [-0.15, -0.1) is 0 Å². The molecule has 0 saturated carbocycles. The Morgan fingerprint density at radius 3 is 2.27 bits per heavy atom. The number of hydrogen-bond acceptors (Lipinski definition) is 1. The average Bonchev–Trinajstić information content (AvgIpc) is 3.20. The molecule has 170 valence electrons. The molecular weight excluding hydrogens is 426 g/mol. The van der Waals surface area contributed by atoms with Crippen LogP contribution in [0.15, 0.2) is 78.5 Å². The van der Waals surface area contributed by atoms with Gasteiger partial charge in [-0.3, -0.25) is 0 Å².